The number of rotatable bonds is 4. The number of aryl methyl sites for hydroxylation is 2. The standard InChI is InChI=1S/C20H16FN5O2/c1-11-12(2)24-17-9-14(5-8-16(17)23-11)20(27)22-10-18-25-19(26-28-18)13-3-6-15(21)7-4-13/h3-9H,10H2,1-2H3,(H,22,27). The monoisotopic (exact) mass is 377 g/mol. The summed E-state index contributed by atoms with van der Waals surface area (Å²) < 4.78 is 18.1. The summed E-state index contributed by atoms with van der Waals surface area (Å²) in [6.07, 6.45) is 0. The highest BCUT2D eigenvalue weighted by molar-refractivity contribution is 5.97. The number of nitrogens with one attached hydrogen (secondary N) is 1. The lowest BCUT2D eigenvalue weighted by molar-refractivity contribution is 0.0946. The van der Waals surface area contributed by atoms with Crippen LogP contribution in [0.4, 0.5) is 4.39 Å². The fraction of sp³-hybridized carbons (Fsp3) is 0.150. The number of fused-ring (bicyclic) bond motifs is 1. The number of halogens is 1. The lowest BCUT2D eigenvalue weighted by Gasteiger charge is -2.05. The van der Waals surface area contributed by atoms with Gasteiger partial charge in [0.15, 0.2) is 0 Å². The second-order valence-electron chi connectivity index (χ2n) is 6.30. The van der Waals surface area contributed by atoms with Gasteiger partial charge in [-0.05, 0) is 56.3 Å². The van der Waals surface area contributed by atoms with Crippen LogP contribution in [0.15, 0.2) is 47.0 Å². The first-order valence-electron chi connectivity index (χ1n) is 8.61. The number of hydrogen-bond acceptors (Lipinski definition) is 6. The Morgan fingerprint density at radius 1 is 1.00 bits per heavy atom. The second-order valence-corrected chi connectivity index (χ2v) is 6.30. The minimum absolute atomic E-state index is 0.0731. The van der Waals surface area contributed by atoms with Gasteiger partial charge in [0, 0.05) is 11.1 Å². The molecule has 0 aliphatic heterocycles. The van der Waals surface area contributed by atoms with Gasteiger partial charge in [0.2, 0.25) is 11.7 Å². The molecular formula is C20H16FN5O2. The van der Waals surface area contributed by atoms with Crippen LogP contribution in [0.5, 0.6) is 0 Å². The van der Waals surface area contributed by atoms with Crippen molar-refractivity contribution in [3.63, 3.8) is 0 Å². The van der Waals surface area contributed by atoms with Crippen LogP contribution in [-0.4, -0.2) is 26.0 Å². The maximum Gasteiger partial charge on any atom is 0.251 e. The molecule has 2 aromatic carbocycles. The number of carbonyl (C=O) groups is 1. The van der Waals surface area contributed by atoms with E-state index in [1.807, 2.05) is 13.8 Å². The van der Waals surface area contributed by atoms with Gasteiger partial charge in [0.05, 0.1) is 29.0 Å². The third kappa shape index (κ3) is 3.57. The van der Waals surface area contributed by atoms with Crippen LogP contribution in [0.3, 0.4) is 0 Å². The van der Waals surface area contributed by atoms with Gasteiger partial charge in [-0.15, -0.1) is 0 Å². The summed E-state index contributed by atoms with van der Waals surface area (Å²) in [5, 5.41) is 6.58. The molecule has 7 nitrogen and oxygen atoms in total. The number of aromatic nitrogens is 4. The SMILES string of the molecule is Cc1nc2ccc(C(=O)NCc3nc(-c4ccc(F)cc4)no3)cc2nc1C. The molecule has 140 valence electrons. The van der Waals surface area contributed by atoms with Crippen molar-refractivity contribution < 1.29 is 13.7 Å². The zero-order chi connectivity index (χ0) is 19.7. The summed E-state index contributed by atoms with van der Waals surface area (Å²) >= 11 is 0. The van der Waals surface area contributed by atoms with Gasteiger partial charge in [0.1, 0.15) is 5.82 Å². The van der Waals surface area contributed by atoms with Crippen LogP contribution in [0.1, 0.15) is 27.6 Å². The molecule has 28 heavy (non-hydrogen) atoms. The first kappa shape index (κ1) is 17.7. The van der Waals surface area contributed by atoms with Crippen molar-refractivity contribution in [1.82, 2.24) is 25.4 Å². The fourth-order valence-electron chi connectivity index (χ4n) is 2.67. The van der Waals surface area contributed by atoms with Gasteiger partial charge in [0.25, 0.3) is 5.91 Å². The summed E-state index contributed by atoms with van der Waals surface area (Å²) in [6.45, 7) is 3.85. The molecule has 0 atom stereocenters. The Labute approximate surface area is 159 Å². The first-order valence-corrected chi connectivity index (χ1v) is 8.61. The Bertz CT molecular complexity index is 1170. The zero-order valence-corrected chi connectivity index (χ0v) is 15.2. The van der Waals surface area contributed by atoms with Gasteiger partial charge in [-0.2, -0.15) is 4.98 Å². The summed E-state index contributed by atoms with van der Waals surface area (Å²) in [5.74, 6) is -0.0515. The van der Waals surface area contributed by atoms with Crippen molar-refractivity contribution in [2.75, 3.05) is 0 Å². The maximum atomic E-state index is 13.0. The molecule has 2 heterocycles. The summed E-state index contributed by atoms with van der Waals surface area (Å²) in [5.41, 5.74) is 4.17. The van der Waals surface area contributed by atoms with Crippen LogP contribution in [-0.2, 0) is 6.54 Å². The maximum absolute atomic E-state index is 13.0. The average Bonchev–Trinajstić information content (AvgIpc) is 3.16. The minimum atomic E-state index is -0.342. The highest BCUT2D eigenvalue weighted by Crippen LogP contribution is 2.17. The molecule has 2 aromatic heterocycles. The normalized spacial score (nSPS) is 11.0. The number of amides is 1. The van der Waals surface area contributed by atoms with Gasteiger partial charge < -0.3 is 9.84 Å². The second kappa shape index (κ2) is 7.15. The van der Waals surface area contributed by atoms with E-state index in [4.69, 9.17) is 4.52 Å². The van der Waals surface area contributed by atoms with E-state index in [9.17, 15) is 9.18 Å². The number of nitrogens with zero attached hydrogens (tertiary/aromatic N) is 4. The molecule has 4 aromatic rings. The van der Waals surface area contributed by atoms with E-state index in [1.54, 1.807) is 30.3 Å². The molecule has 1 amide bonds. The van der Waals surface area contributed by atoms with Gasteiger partial charge >= 0.3 is 0 Å². The molecule has 0 bridgehead atoms. The predicted molar refractivity (Wildman–Crippen MR) is 99.9 cm³/mol. The lowest BCUT2D eigenvalue weighted by Crippen LogP contribution is -2.23. The molecule has 8 heteroatoms. The molecule has 0 fully saturated rings. The molecule has 0 spiro atoms. The Morgan fingerprint density at radius 3 is 2.46 bits per heavy atom. The molecule has 0 aliphatic rings. The Balaban J connectivity index is 1.46. The highest BCUT2D eigenvalue weighted by atomic mass is 19.1. The molecule has 1 N–H and O–H groups in total. The van der Waals surface area contributed by atoms with Crippen LogP contribution < -0.4 is 5.32 Å². The molecule has 0 unspecified atom stereocenters. The van der Waals surface area contributed by atoms with Crippen molar-refractivity contribution in [2.24, 2.45) is 0 Å². The van der Waals surface area contributed by atoms with Crippen LogP contribution in [0, 0.1) is 19.7 Å². The van der Waals surface area contributed by atoms with Crippen LogP contribution in [0.2, 0.25) is 0 Å². The molecule has 0 saturated carbocycles. The van der Waals surface area contributed by atoms with E-state index in [0.717, 1.165) is 16.9 Å². The largest absolute Gasteiger partial charge is 0.343 e. The van der Waals surface area contributed by atoms with Gasteiger partial charge in [-0.25, -0.2) is 14.4 Å². The molecule has 0 aliphatic carbocycles. The summed E-state index contributed by atoms with van der Waals surface area (Å²) in [7, 11) is 0. The lowest BCUT2D eigenvalue weighted by atomic mass is 10.1. The number of carbonyl (C=O) groups excluding carboxylic acids is 1. The third-order valence-electron chi connectivity index (χ3n) is 4.31. The molecule has 0 radical (unpaired) electrons. The van der Waals surface area contributed by atoms with E-state index in [-0.39, 0.29) is 24.2 Å². The van der Waals surface area contributed by atoms with Crippen molar-refractivity contribution in [3.8, 4) is 11.4 Å². The van der Waals surface area contributed by atoms with E-state index in [1.165, 1.54) is 12.1 Å². The van der Waals surface area contributed by atoms with E-state index in [0.29, 0.717) is 22.5 Å². The molecule has 0 saturated heterocycles. The van der Waals surface area contributed by atoms with Crippen molar-refractivity contribution in [1.29, 1.82) is 0 Å². The Morgan fingerprint density at radius 2 is 1.71 bits per heavy atom. The molecular weight excluding hydrogens is 361 g/mol. The zero-order valence-electron chi connectivity index (χ0n) is 15.2. The summed E-state index contributed by atoms with van der Waals surface area (Å²) in [6, 6.07) is 10.9. The van der Waals surface area contributed by atoms with Crippen LogP contribution >= 0.6 is 0 Å². The Hall–Kier alpha value is -3.68. The van der Waals surface area contributed by atoms with Crippen molar-refractivity contribution in [3.05, 3.63) is 71.1 Å². The highest BCUT2D eigenvalue weighted by Gasteiger charge is 2.12. The van der Waals surface area contributed by atoms with Crippen molar-refractivity contribution >= 4 is 16.9 Å². The predicted octanol–water partition coefficient (Wildman–Crippen LogP) is 3.37. The van der Waals surface area contributed by atoms with Gasteiger partial charge in [-0.3, -0.25) is 4.79 Å². The minimum Gasteiger partial charge on any atom is -0.343 e. The third-order valence-corrected chi connectivity index (χ3v) is 4.31. The number of hydrogen-bond donors (Lipinski definition) is 1. The Kier molecular flexibility index (Phi) is 4.52. The fourth-order valence-corrected chi connectivity index (χ4v) is 2.67. The van der Waals surface area contributed by atoms with E-state index in [2.05, 4.69) is 25.4 Å². The average molecular weight is 377 g/mol. The van der Waals surface area contributed by atoms with Gasteiger partial charge in [-0.1, -0.05) is 5.16 Å². The topological polar surface area (TPSA) is 93.8 Å². The van der Waals surface area contributed by atoms with E-state index < -0.39 is 0 Å². The number of benzene rings is 2. The smallest absolute Gasteiger partial charge is 0.251 e. The quantitative estimate of drug-likeness (QED) is 0.586. The molecule has 4 rings (SSSR count). The van der Waals surface area contributed by atoms with Crippen molar-refractivity contribution in [2.45, 2.75) is 20.4 Å². The first-order chi connectivity index (χ1) is 13.5. The van der Waals surface area contributed by atoms with Crippen LogP contribution in [0.25, 0.3) is 22.4 Å². The summed E-state index contributed by atoms with van der Waals surface area (Å²) in [4.78, 5) is 25.6. The van der Waals surface area contributed by atoms with E-state index >= 15 is 0 Å².